The number of carbonyl (C=O) groups is 1. The van der Waals surface area contributed by atoms with Crippen LogP contribution < -0.4 is 10.0 Å². The zero-order chi connectivity index (χ0) is 19.0. The minimum absolute atomic E-state index is 0.0884. The molecule has 0 unspecified atom stereocenters. The van der Waals surface area contributed by atoms with Crippen molar-refractivity contribution in [2.24, 2.45) is 0 Å². The summed E-state index contributed by atoms with van der Waals surface area (Å²) in [6.07, 6.45) is 0. The third-order valence-corrected chi connectivity index (χ3v) is 6.31. The van der Waals surface area contributed by atoms with Gasteiger partial charge in [-0.05, 0) is 42.7 Å². The first-order valence-electron chi connectivity index (χ1n) is 8.59. The van der Waals surface area contributed by atoms with E-state index in [1.165, 1.54) is 23.5 Å². The molecule has 1 heterocycles. The molecule has 142 valence electrons. The summed E-state index contributed by atoms with van der Waals surface area (Å²) < 4.78 is 27.4. The highest BCUT2D eigenvalue weighted by Gasteiger charge is 2.16. The molecule has 0 radical (unpaired) electrons. The van der Waals surface area contributed by atoms with Gasteiger partial charge >= 0.3 is 0 Å². The lowest BCUT2D eigenvalue weighted by atomic mass is 10.2. The summed E-state index contributed by atoms with van der Waals surface area (Å²) in [6.45, 7) is 7.52. The van der Waals surface area contributed by atoms with Gasteiger partial charge in [0.05, 0.1) is 4.90 Å². The fourth-order valence-corrected chi connectivity index (χ4v) is 4.22. The monoisotopic (exact) mass is 395 g/mol. The Morgan fingerprint density at radius 3 is 2.58 bits per heavy atom. The molecule has 2 N–H and O–H groups in total. The smallest absolute Gasteiger partial charge is 0.251 e. The van der Waals surface area contributed by atoms with Crippen LogP contribution in [0.15, 0.2) is 46.7 Å². The highest BCUT2D eigenvalue weighted by molar-refractivity contribution is 7.89. The van der Waals surface area contributed by atoms with Crippen LogP contribution in [0.5, 0.6) is 0 Å². The van der Waals surface area contributed by atoms with Gasteiger partial charge in [-0.3, -0.25) is 4.79 Å². The van der Waals surface area contributed by atoms with Gasteiger partial charge in [0.15, 0.2) is 0 Å². The Morgan fingerprint density at radius 1 is 1.15 bits per heavy atom. The van der Waals surface area contributed by atoms with Gasteiger partial charge in [-0.25, -0.2) is 13.1 Å². The van der Waals surface area contributed by atoms with Crippen LogP contribution in [0.25, 0.3) is 0 Å². The molecule has 0 atom stereocenters. The molecule has 1 aromatic heterocycles. The molecular weight excluding hydrogens is 370 g/mol. The molecule has 0 aliphatic heterocycles. The van der Waals surface area contributed by atoms with E-state index in [1.807, 2.05) is 17.5 Å². The van der Waals surface area contributed by atoms with E-state index in [-0.39, 0.29) is 17.3 Å². The summed E-state index contributed by atoms with van der Waals surface area (Å²) in [4.78, 5) is 15.5. The van der Waals surface area contributed by atoms with Crippen molar-refractivity contribution in [3.8, 4) is 0 Å². The second kappa shape index (κ2) is 9.82. The number of rotatable bonds is 10. The lowest BCUT2D eigenvalue weighted by Crippen LogP contribution is -2.34. The van der Waals surface area contributed by atoms with Crippen molar-refractivity contribution >= 4 is 27.3 Å². The Morgan fingerprint density at radius 2 is 1.92 bits per heavy atom. The van der Waals surface area contributed by atoms with Crippen LogP contribution in [0.1, 0.15) is 29.1 Å². The molecule has 8 heteroatoms. The van der Waals surface area contributed by atoms with E-state index in [9.17, 15) is 13.2 Å². The number of amides is 1. The fourth-order valence-electron chi connectivity index (χ4n) is 2.44. The molecule has 0 fully saturated rings. The molecule has 0 bridgehead atoms. The lowest BCUT2D eigenvalue weighted by molar-refractivity contribution is 0.0948. The van der Waals surface area contributed by atoms with Gasteiger partial charge in [0.2, 0.25) is 10.0 Å². The van der Waals surface area contributed by atoms with Crippen molar-refractivity contribution in [3.63, 3.8) is 0 Å². The van der Waals surface area contributed by atoms with E-state index in [1.54, 1.807) is 12.1 Å². The van der Waals surface area contributed by atoms with Gasteiger partial charge in [-0.15, -0.1) is 11.3 Å². The topological polar surface area (TPSA) is 78.5 Å². The van der Waals surface area contributed by atoms with Crippen LogP contribution in [0.4, 0.5) is 0 Å². The Kier molecular flexibility index (Phi) is 7.77. The number of nitrogens with zero attached hydrogens (tertiary/aromatic N) is 1. The van der Waals surface area contributed by atoms with Crippen molar-refractivity contribution in [1.29, 1.82) is 0 Å². The fraction of sp³-hybridized carbons (Fsp3) is 0.389. The maximum absolute atomic E-state index is 12.4. The number of benzene rings is 1. The molecule has 0 aliphatic carbocycles. The van der Waals surface area contributed by atoms with Crippen molar-refractivity contribution in [1.82, 2.24) is 14.9 Å². The molecule has 26 heavy (non-hydrogen) atoms. The number of hydrogen-bond acceptors (Lipinski definition) is 5. The third kappa shape index (κ3) is 5.91. The Bertz CT molecular complexity index is 801. The average Bonchev–Trinajstić information content (AvgIpc) is 3.17. The van der Waals surface area contributed by atoms with Crippen molar-refractivity contribution in [3.05, 3.63) is 52.2 Å². The van der Waals surface area contributed by atoms with Gasteiger partial charge in [-0.2, -0.15) is 0 Å². The first-order valence-corrected chi connectivity index (χ1v) is 10.9. The maximum atomic E-state index is 12.4. The van der Waals surface area contributed by atoms with Gasteiger partial charge in [0, 0.05) is 30.1 Å². The first-order chi connectivity index (χ1) is 12.5. The Hall–Kier alpha value is -1.74. The molecular formula is C18H25N3O3S2. The van der Waals surface area contributed by atoms with Crippen LogP contribution in [-0.4, -0.2) is 45.4 Å². The molecule has 0 aliphatic rings. The van der Waals surface area contributed by atoms with Gasteiger partial charge in [0.1, 0.15) is 0 Å². The molecule has 0 saturated carbocycles. The third-order valence-electron chi connectivity index (χ3n) is 4.03. The molecule has 1 aromatic carbocycles. The van der Waals surface area contributed by atoms with Crippen LogP contribution in [0.3, 0.4) is 0 Å². The second-order valence-electron chi connectivity index (χ2n) is 5.71. The van der Waals surface area contributed by atoms with Crippen LogP contribution in [0, 0.1) is 0 Å². The van der Waals surface area contributed by atoms with E-state index in [2.05, 4.69) is 28.8 Å². The number of thiophene rings is 1. The molecule has 1 amide bonds. The standard InChI is InChI=1S/C18H25N3O3S2/c1-3-21(4-2)11-10-19-18(22)15-7-5-9-17(13-15)26(23,24)20-14-16-8-6-12-25-16/h5-9,12-13,20H,3-4,10-11,14H2,1-2H3,(H,19,22). The zero-order valence-corrected chi connectivity index (χ0v) is 16.7. The minimum Gasteiger partial charge on any atom is -0.351 e. The van der Waals surface area contributed by atoms with Gasteiger partial charge < -0.3 is 10.2 Å². The number of nitrogens with one attached hydrogen (secondary N) is 2. The molecule has 6 nitrogen and oxygen atoms in total. The highest BCUT2D eigenvalue weighted by atomic mass is 32.2. The summed E-state index contributed by atoms with van der Waals surface area (Å²) in [5.41, 5.74) is 0.337. The van der Waals surface area contributed by atoms with E-state index >= 15 is 0 Å². The number of sulfonamides is 1. The first kappa shape index (κ1) is 20.6. The van der Waals surface area contributed by atoms with Crippen molar-refractivity contribution in [2.45, 2.75) is 25.3 Å². The van der Waals surface area contributed by atoms with Crippen molar-refractivity contribution < 1.29 is 13.2 Å². The van der Waals surface area contributed by atoms with Crippen LogP contribution in [-0.2, 0) is 16.6 Å². The van der Waals surface area contributed by atoms with E-state index in [4.69, 9.17) is 0 Å². The molecule has 0 saturated heterocycles. The summed E-state index contributed by atoms with van der Waals surface area (Å²) in [5.74, 6) is -0.271. The van der Waals surface area contributed by atoms with Crippen LogP contribution in [0.2, 0.25) is 0 Å². The normalized spacial score (nSPS) is 11.7. The molecule has 0 spiro atoms. The SMILES string of the molecule is CCN(CC)CCNC(=O)c1cccc(S(=O)(=O)NCc2cccs2)c1. The second-order valence-corrected chi connectivity index (χ2v) is 8.51. The quantitative estimate of drug-likeness (QED) is 0.647. The minimum atomic E-state index is -3.67. The van der Waals surface area contributed by atoms with Gasteiger partial charge in [0.25, 0.3) is 5.91 Å². The van der Waals surface area contributed by atoms with E-state index < -0.39 is 10.0 Å². The summed E-state index contributed by atoms with van der Waals surface area (Å²) in [7, 11) is -3.67. The molecule has 2 aromatic rings. The average molecular weight is 396 g/mol. The Balaban J connectivity index is 1.98. The predicted octanol–water partition coefficient (Wildman–Crippen LogP) is 2.30. The summed E-state index contributed by atoms with van der Waals surface area (Å²) >= 11 is 1.49. The van der Waals surface area contributed by atoms with Crippen LogP contribution >= 0.6 is 11.3 Å². The lowest BCUT2D eigenvalue weighted by Gasteiger charge is -2.18. The summed E-state index contributed by atoms with van der Waals surface area (Å²) in [6, 6.07) is 9.83. The Labute approximate surface area is 159 Å². The van der Waals surface area contributed by atoms with Gasteiger partial charge in [-0.1, -0.05) is 26.0 Å². The maximum Gasteiger partial charge on any atom is 0.251 e. The zero-order valence-electron chi connectivity index (χ0n) is 15.1. The van der Waals surface area contributed by atoms with Crippen molar-refractivity contribution in [2.75, 3.05) is 26.2 Å². The summed E-state index contributed by atoms with van der Waals surface area (Å²) in [5, 5.41) is 4.73. The van der Waals surface area contributed by atoms with E-state index in [0.717, 1.165) is 24.5 Å². The predicted molar refractivity (Wildman–Crippen MR) is 105 cm³/mol. The largest absolute Gasteiger partial charge is 0.351 e. The molecule has 2 rings (SSSR count). The highest BCUT2D eigenvalue weighted by Crippen LogP contribution is 2.14. The number of carbonyl (C=O) groups excluding carboxylic acids is 1. The number of hydrogen-bond donors (Lipinski definition) is 2. The van der Waals surface area contributed by atoms with E-state index in [0.29, 0.717) is 12.1 Å². The number of likely N-dealkylation sites (N-methyl/N-ethyl adjacent to an activating group) is 1.